The Morgan fingerprint density at radius 3 is 2.60 bits per heavy atom. The number of esters is 1. The summed E-state index contributed by atoms with van der Waals surface area (Å²) in [6, 6.07) is 3.08. The Labute approximate surface area is 115 Å². The minimum atomic E-state index is -4.15. The average Bonchev–Trinajstić information content (AvgIpc) is 2.84. The quantitative estimate of drug-likeness (QED) is 0.799. The number of sulfonamides is 1. The van der Waals surface area contributed by atoms with E-state index >= 15 is 0 Å². The average molecular weight is 296 g/mol. The number of hydrogen-bond acceptors (Lipinski definition) is 6. The molecule has 2 N–H and O–H groups in total. The van der Waals surface area contributed by atoms with Crippen molar-refractivity contribution in [1.82, 2.24) is 14.8 Å². The Kier molecular flexibility index (Phi) is 3.81. The standard InChI is InChI=1S/C11H12N4O4S/c1-2-19-11(16)9-7-14-15(10(9)20(12,17)18)8-3-5-13-6-4-8/h3-7H,2H2,1H3,(H2,12,17,18). The maximum absolute atomic E-state index is 11.7. The number of nitrogens with zero attached hydrogens (tertiary/aromatic N) is 3. The van der Waals surface area contributed by atoms with Crippen LogP contribution in [-0.4, -0.2) is 35.8 Å². The number of carbonyl (C=O) groups excluding carboxylic acids is 1. The molecule has 0 atom stereocenters. The third-order valence-corrected chi connectivity index (χ3v) is 3.33. The normalized spacial score (nSPS) is 11.3. The second-order valence-corrected chi connectivity index (χ2v) is 5.22. The first kappa shape index (κ1) is 14.2. The molecule has 0 aliphatic carbocycles. The van der Waals surface area contributed by atoms with Crippen LogP contribution in [0.15, 0.2) is 35.7 Å². The molecule has 2 aromatic rings. The highest BCUT2D eigenvalue weighted by Crippen LogP contribution is 2.19. The maximum Gasteiger partial charge on any atom is 0.342 e. The van der Waals surface area contributed by atoms with Crippen LogP contribution in [0.5, 0.6) is 0 Å². The third kappa shape index (κ3) is 2.68. The highest BCUT2D eigenvalue weighted by molar-refractivity contribution is 7.89. The molecule has 0 aliphatic heterocycles. The molecule has 0 saturated heterocycles. The number of primary sulfonamides is 1. The van der Waals surface area contributed by atoms with E-state index in [9.17, 15) is 13.2 Å². The van der Waals surface area contributed by atoms with Crippen molar-refractivity contribution >= 4 is 16.0 Å². The van der Waals surface area contributed by atoms with Gasteiger partial charge in [-0.1, -0.05) is 0 Å². The number of carbonyl (C=O) groups is 1. The molecule has 0 aliphatic rings. The predicted molar refractivity (Wildman–Crippen MR) is 68.7 cm³/mol. The molecule has 0 amide bonds. The molecule has 106 valence electrons. The van der Waals surface area contributed by atoms with E-state index in [4.69, 9.17) is 9.88 Å². The molecule has 0 aromatic carbocycles. The summed E-state index contributed by atoms with van der Waals surface area (Å²) in [5.74, 6) is -0.795. The molecule has 8 nitrogen and oxygen atoms in total. The lowest BCUT2D eigenvalue weighted by atomic mass is 10.3. The van der Waals surface area contributed by atoms with Gasteiger partial charge in [-0.05, 0) is 19.1 Å². The molecule has 2 heterocycles. The smallest absolute Gasteiger partial charge is 0.342 e. The maximum atomic E-state index is 11.7. The van der Waals surface area contributed by atoms with Crippen LogP contribution < -0.4 is 5.14 Å². The van der Waals surface area contributed by atoms with Crippen molar-refractivity contribution < 1.29 is 17.9 Å². The number of rotatable bonds is 4. The molecule has 2 aromatic heterocycles. The van der Waals surface area contributed by atoms with Crippen LogP contribution in [0.3, 0.4) is 0 Å². The van der Waals surface area contributed by atoms with Gasteiger partial charge in [0.15, 0.2) is 5.03 Å². The second-order valence-electron chi connectivity index (χ2n) is 3.75. The fourth-order valence-electron chi connectivity index (χ4n) is 1.63. The summed E-state index contributed by atoms with van der Waals surface area (Å²) in [5.41, 5.74) is 0.214. The summed E-state index contributed by atoms with van der Waals surface area (Å²) < 4.78 is 29.3. The Balaban J connectivity index is 2.64. The molecular formula is C11H12N4O4S. The molecule has 9 heteroatoms. The van der Waals surface area contributed by atoms with Gasteiger partial charge in [0.05, 0.1) is 18.5 Å². The molecule has 0 spiro atoms. The molecule has 0 bridgehead atoms. The van der Waals surface area contributed by atoms with Gasteiger partial charge < -0.3 is 4.74 Å². The summed E-state index contributed by atoms with van der Waals surface area (Å²) in [6.45, 7) is 1.73. The van der Waals surface area contributed by atoms with Crippen LogP contribution in [0.2, 0.25) is 0 Å². The molecule has 0 radical (unpaired) electrons. The number of ether oxygens (including phenoxy) is 1. The highest BCUT2D eigenvalue weighted by atomic mass is 32.2. The van der Waals surface area contributed by atoms with Gasteiger partial charge in [0.1, 0.15) is 5.56 Å². The van der Waals surface area contributed by atoms with Crippen LogP contribution in [0, 0.1) is 0 Å². The van der Waals surface area contributed by atoms with Crippen LogP contribution in [0.4, 0.5) is 0 Å². The van der Waals surface area contributed by atoms with Crippen LogP contribution in [0.1, 0.15) is 17.3 Å². The first-order valence-corrected chi connectivity index (χ1v) is 7.18. The lowest BCUT2D eigenvalue weighted by Gasteiger charge is -2.07. The van der Waals surface area contributed by atoms with E-state index in [2.05, 4.69) is 10.1 Å². The first-order chi connectivity index (χ1) is 9.45. The van der Waals surface area contributed by atoms with Gasteiger partial charge in [-0.2, -0.15) is 5.10 Å². The van der Waals surface area contributed by atoms with E-state index < -0.39 is 21.0 Å². The Bertz CT molecular complexity index is 724. The summed E-state index contributed by atoms with van der Waals surface area (Å²) in [4.78, 5) is 15.6. The van der Waals surface area contributed by atoms with E-state index in [1.165, 1.54) is 24.5 Å². The second kappa shape index (κ2) is 5.39. The van der Waals surface area contributed by atoms with Gasteiger partial charge in [-0.15, -0.1) is 0 Å². The zero-order chi connectivity index (χ0) is 14.8. The zero-order valence-electron chi connectivity index (χ0n) is 10.6. The predicted octanol–water partition coefficient (Wildman–Crippen LogP) is 0.0914. The van der Waals surface area contributed by atoms with Crippen LogP contribution >= 0.6 is 0 Å². The zero-order valence-corrected chi connectivity index (χ0v) is 11.4. The van der Waals surface area contributed by atoms with Crippen molar-refractivity contribution in [1.29, 1.82) is 0 Å². The molecule has 0 unspecified atom stereocenters. The SMILES string of the molecule is CCOC(=O)c1cnn(-c2ccncc2)c1S(N)(=O)=O. The lowest BCUT2D eigenvalue weighted by Crippen LogP contribution is -2.21. The summed E-state index contributed by atoms with van der Waals surface area (Å²) in [5, 5.41) is 8.63. The molecule has 2 rings (SSSR count). The van der Waals surface area contributed by atoms with Crippen LogP contribution in [0.25, 0.3) is 5.69 Å². The van der Waals surface area contributed by atoms with Crippen molar-refractivity contribution in [2.45, 2.75) is 11.9 Å². The molecular weight excluding hydrogens is 284 g/mol. The summed E-state index contributed by atoms with van der Waals surface area (Å²) in [6.07, 6.45) is 4.04. The minimum Gasteiger partial charge on any atom is -0.462 e. The van der Waals surface area contributed by atoms with E-state index in [1.54, 1.807) is 6.92 Å². The lowest BCUT2D eigenvalue weighted by molar-refractivity contribution is 0.0521. The Morgan fingerprint density at radius 2 is 2.05 bits per heavy atom. The summed E-state index contributed by atoms with van der Waals surface area (Å²) in [7, 11) is -4.15. The van der Waals surface area contributed by atoms with Gasteiger partial charge in [0, 0.05) is 12.4 Å². The van der Waals surface area contributed by atoms with Crippen molar-refractivity contribution in [3.8, 4) is 5.69 Å². The van der Waals surface area contributed by atoms with E-state index in [0.717, 1.165) is 10.9 Å². The van der Waals surface area contributed by atoms with E-state index in [0.29, 0.717) is 5.69 Å². The number of pyridine rings is 1. The van der Waals surface area contributed by atoms with E-state index in [-0.39, 0.29) is 12.2 Å². The van der Waals surface area contributed by atoms with Crippen LogP contribution in [-0.2, 0) is 14.8 Å². The van der Waals surface area contributed by atoms with Gasteiger partial charge in [0.2, 0.25) is 0 Å². The first-order valence-electron chi connectivity index (χ1n) is 5.63. The van der Waals surface area contributed by atoms with Gasteiger partial charge in [0.25, 0.3) is 10.0 Å². The van der Waals surface area contributed by atoms with E-state index in [1.807, 2.05) is 0 Å². The highest BCUT2D eigenvalue weighted by Gasteiger charge is 2.27. The fourth-order valence-corrected chi connectivity index (χ4v) is 2.47. The third-order valence-electron chi connectivity index (χ3n) is 2.40. The largest absolute Gasteiger partial charge is 0.462 e. The van der Waals surface area contributed by atoms with Crippen molar-refractivity contribution in [3.05, 3.63) is 36.3 Å². The minimum absolute atomic E-state index is 0.114. The van der Waals surface area contributed by atoms with Crippen molar-refractivity contribution in [2.75, 3.05) is 6.61 Å². The topological polar surface area (TPSA) is 117 Å². The number of aromatic nitrogens is 3. The number of nitrogens with two attached hydrogens (primary N) is 1. The molecule has 0 fully saturated rings. The monoisotopic (exact) mass is 296 g/mol. The Hall–Kier alpha value is -2.26. The Morgan fingerprint density at radius 1 is 1.40 bits per heavy atom. The summed E-state index contributed by atoms with van der Waals surface area (Å²) >= 11 is 0. The molecule has 0 saturated carbocycles. The van der Waals surface area contributed by atoms with Gasteiger partial charge in [-0.3, -0.25) is 4.98 Å². The van der Waals surface area contributed by atoms with Crippen molar-refractivity contribution in [3.63, 3.8) is 0 Å². The molecule has 20 heavy (non-hydrogen) atoms. The van der Waals surface area contributed by atoms with Gasteiger partial charge in [-0.25, -0.2) is 23.0 Å². The fraction of sp³-hybridized carbons (Fsp3) is 0.182. The van der Waals surface area contributed by atoms with Gasteiger partial charge >= 0.3 is 5.97 Å². The van der Waals surface area contributed by atoms with Crippen molar-refractivity contribution in [2.24, 2.45) is 5.14 Å². The number of hydrogen-bond donors (Lipinski definition) is 1.